The molecule has 5 nitrogen and oxygen atoms in total. The van der Waals surface area contributed by atoms with Crippen LogP contribution in [0.3, 0.4) is 0 Å². The molecule has 0 spiro atoms. The Bertz CT molecular complexity index is 829. The van der Waals surface area contributed by atoms with Crippen molar-refractivity contribution in [3.63, 3.8) is 0 Å². The Hall–Kier alpha value is -2.66. The molecule has 2 aromatic carbocycles. The molecule has 0 radical (unpaired) electrons. The number of carbonyl (C=O) groups is 2. The largest absolute Gasteiger partial charge is 0.481 e. The van der Waals surface area contributed by atoms with Gasteiger partial charge in [0.15, 0.2) is 0 Å². The fourth-order valence-corrected chi connectivity index (χ4v) is 3.41. The number of nitrogens with one attached hydrogen (secondary N) is 1. The normalized spacial score (nSPS) is 28.2. The Kier molecular flexibility index (Phi) is 3.16. The van der Waals surface area contributed by atoms with Crippen molar-refractivity contribution in [1.82, 2.24) is 0 Å². The van der Waals surface area contributed by atoms with Crippen LogP contribution in [0.5, 0.6) is 0 Å². The van der Waals surface area contributed by atoms with Crippen molar-refractivity contribution in [3.8, 4) is 0 Å². The number of carboxylic acids is 1. The number of hydrogen-bond acceptors (Lipinski definition) is 3. The van der Waals surface area contributed by atoms with E-state index in [0.29, 0.717) is 5.69 Å². The van der Waals surface area contributed by atoms with Crippen molar-refractivity contribution in [2.45, 2.75) is 12.2 Å². The quantitative estimate of drug-likeness (QED) is 0.854. The van der Waals surface area contributed by atoms with Crippen LogP contribution in [0.1, 0.15) is 0 Å². The molecule has 2 heterocycles. The van der Waals surface area contributed by atoms with Gasteiger partial charge in [-0.15, -0.1) is 0 Å². The van der Waals surface area contributed by atoms with E-state index in [1.54, 1.807) is 12.2 Å². The van der Waals surface area contributed by atoms with E-state index in [1.807, 2.05) is 42.5 Å². The van der Waals surface area contributed by atoms with E-state index < -0.39 is 30.0 Å². The fourth-order valence-electron chi connectivity index (χ4n) is 3.41. The Balaban J connectivity index is 1.59. The third-order valence-corrected chi connectivity index (χ3v) is 4.50. The van der Waals surface area contributed by atoms with E-state index in [2.05, 4.69) is 5.32 Å². The molecule has 1 amide bonds. The molecule has 2 aliphatic heterocycles. The lowest BCUT2D eigenvalue weighted by molar-refractivity contribution is -0.145. The maximum Gasteiger partial charge on any atom is 0.310 e. The topological polar surface area (TPSA) is 75.6 Å². The monoisotopic (exact) mass is 309 g/mol. The number of carbonyl (C=O) groups excluding carboxylic acids is 1. The maximum absolute atomic E-state index is 12.6. The van der Waals surface area contributed by atoms with E-state index in [-0.39, 0.29) is 5.91 Å². The molecule has 0 aliphatic carbocycles. The summed E-state index contributed by atoms with van der Waals surface area (Å²) in [7, 11) is 0. The Morgan fingerprint density at radius 1 is 0.957 bits per heavy atom. The van der Waals surface area contributed by atoms with E-state index in [9.17, 15) is 14.7 Å². The van der Waals surface area contributed by atoms with Gasteiger partial charge in [-0.1, -0.05) is 42.5 Å². The number of carboxylic acid groups (broad SMARTS) is 1. The molecule has 5 heteroatoms. The highest BCUT2D eigenvalue weighted by atomic mass is 16.5. The molecule has 2 aliphatic rings. The first-order valence-corrected chi connectivity index (χ1v) is 7.50. The van der Waals surface area contributed by atoms with E-state index in [1.165, 1.54) is 0 Å². The molecular weight excluding hydrogens is 294 g/mol. The molecule has 0 saturated carbocycles. The summed E-state index contributed by atoms with van der Waals surface area (Å²) < 4.78 is 5.54. The van der Waals surface area contributed by atoms with Crippen LogP contribution in [0.2, 0.25) is 0 Å². The summed E-state index contributed by atoms with van der Waals surface area (Å²) in [4.78, 5) is 24.0. The van der Waals surface area contributed by atoms with E-state index in [0.717, 1.165) is 10.8 Å². The number of anilines is 1. The van der Waals surface area contributed by atoms with Crippen molar-refractivity contribution in [3.05, 3.63) is 54.6 Å². The zero-order valence-corrected chi connectivity index (χ0v) is 12.2. The summed E-state index contributed by atoms with van der Waals surface area (Å²) in [5.41, 5.74) is 0.657. The molecule has 23 heavy (non-hydrogen) atoms. The number of fused-ring (bicyclic) bond motifs is 3. The average Bonchev–Trinajstić information content (AvgIpc) is 3.15. The summed E-state index contributed by atoms with van der Waals surface area (Å²) in [6.07, 6.45) is 2.53. The predicted octanol–water partition coefficient (Wildman–Crippen LogP) is 2.43. The van der Waals surface area contributed by atoms with Gasteiger partial charge in [-0.3, -0.25) is 9.59 Å². The van der Waals surface area contributed by atoms with Crippen LogP contribution < -0.4 is 5.32 Å². The Labute approximate surface area is 132 Å². The summed E-state index contributed by atoms with van der Waals surface area (Å²) in [6.45, 7) is 0. The Morgan fingerprint density at radius 2 is 1.65 bits per heavy atom. The van der Waals surface area contributed by atoms with Gasteiger partial charge >= 0.3 is 5.97 Å². The molecule has 4 rings (SSSR count). The Morgan fingerprint density at radius 3 is 2.39 bits per heavy atom. The second-order valence-electron chi connectivity index (χ2n) is 5.89. The van der Waals surface area contributed by atoms with Gasteiger partial charge in [0.1, 0.15) is 5.92 Å². The van der Waals surface area contributed by atoms with Crippen LogP contribution in [-0.2, 0) is 14.3 Å². The maximum atomic E-state index is 12.6. The minimum atomic E-state index is -1.000. The molecule has 4 atom stereocenters. The highest BCUT2D eigenvalue weighted by molar-refractivity contribution is 5.98. The second-order valence-corrected chi connectivity index (χ2v) is 5.89. The summed E-state index contributed by atoms with van der Waals surface area (Å²) in [5.74, 6) is -2.84. The summed E-state index contributed by atoms with van der Waals surface area (Å²) in [6, 6.07) is 13.5. The van der Waals surface area contributed by atoms with Crippen LogP contribution in [0.25, 0.3) is 10.8 Å². The fraction of sp³-hybridized carbons (Fsp3) is 0.222. The minimum absolute atomic E-state index is 0.315. The van der Waals surface area contributed by atoms with Crippen molar-refractivity contribution in [2.75, 3.05) is 5.32 Å². The average molecular weight is 309 g/mol. The molecule has 1 saturated heterocycles. The van der Waals surface area contributed by atoms with Gasteiger partial charge < -0.3 is 15.2 Å². The van der Waals surface area contributed by atoms with Gasteiger partial charge in [-0.05, 0) is 22.9 Å². The zero-order valence-electron chi connectivity index (χ0n) is 12.2. The molecule has 2 bridgehead atoms. The minimum Gasteiger partial charge on any atom is -0.481 e. The lowest BCUT2D eigenvalue weighted by atomic mass is 9.82. The van der Waals surface area contributed by atoms with Gasteiger partial charge in [-0.2, -0.15) is 0 Å². The van der Waals surface area contributed by atoms with Gasteiger partial charge in [0.05, 0.1) is 18.1 Å². The number of rotatable bonds is 3. The van der Waals surface area contributed by atoms with Crippen LogP contribution in [0.15, 0.2) is 54.6 Å². The van der Waals surface area contributed by atoms with Crippen LogP contribution in [0.4, 0.5) is 5.69 Å². The highest BCUT2D eigenvalue weighted by Crippen LogP contribution is 2.39. The number of amides is 1. The SMILES string of the molecule is O=C(O)[C@@H]1[C@H](C(=O)Nc2ccc3ccccc3c2)[C@H]2C=C[C@H]1O2. The van der Waals surface area contributed by atoms with Gasteiger partial charge in [0.2, 0.25) is 5.91 Å². The van der Waals surface area contributed by atoms with E-state index in [4.69, 9.17) is 4.74 Å². The van der Waals surface area contributed by atoms with Crippen molar-refractivity contribution in [2.24, 2.45) is 11.8 Å². The smallest absolute Gasteiger partial charge is 0.310 e. The number of hydrogen-bond donors (Lipinski definition) is 2. The molecule has 116 valence electrons. The zero-order chi connectivity index (χ0) is 16.0. The van der Waals surface area contributed by atoms with Gasteiger partial charge in [0, 0.05) is 5.69 Å². The van der Waals surface area contributed by atoms with Crippen LogP contribution in [-0.4, -0.2) is 29.2 Å². The molecule has 0 aromatic heterocycles. The molecular formula is C18H15NO4. The predicted molar refractivity (Wildman–Crippen MR) is 85.0 cm³/mol. The third-order valence-electron chi connectivity index (χ3n) is 4.50. The summed E-state index contributed by atoms with van der Waals surface area (Å²) in [5, 5.41) is 14.3. The third kappa shape index (κ3) is 2.29. The number of aliphatic carboxylic acids is 1. The first kappa shape index (κ1) is 14.0. The number of ether oxygens (including phenoxy) is 1. The molecule has 2 N–H and O–H groups in total. The molecule has 2 aromatic rings. The van der Waals surface area contributed by atoms with Crippen molar-refractivity contribution < 1.29 is 19.4 Å². The molecule has 1 fully saturated rings. The van der Waals surface area contributed by atoms with E-state index >= 15 is 0 Å². The number of benzene rings is 2. The lowest BCUT2D eigenvalue weighted by Crippen LogP contribution is -2.39. The van der Waals surface area contributed by atoms with Gasteiger partial charge in [0.25, 0.3) is 0 Å². The summed E-state index contributed by atoms with van der Waals surface area (Å²) >= 11 is 0. The standard InChI is InChI=1S/C18H15NO4/c20-17(15-13-7-8-14(23-13)16(15)18(21)22)19-12-6-5-10-3-1-2-4-11(10)9-12/h1-9,13-16H,(H,19,20)(H,21,22)/t13-,14-,15-,16+/m1/s1. The van der Waals surface area contributed by atoms with Gasteiger partial charge in [-0.25, -0.2) is 0 Å². The molecule has 0 unspecified atom stereocenters. The van der Waals surface area contributed by atoms with Crippen LogP contribution >= 0.6 is 0 Å². The highest BCUT2D eigenvalue weighted by Gasteiger charge is 2.53. The second kappa shape index (κ2) is 5.21. The van der Waals surface area contributed by atoms with Crippen molar-refractivity contribution in [1.29, 1.82) is 0 Å². The first-order valence-electron chi connectivity index (χ1n) is 7.50. The lowest BCUT2D eigenvalue weighted by Gasteiger charge is -2.21. The first-order chi connectivity index (χ1) is 11.1. The van der Waals surface area contributed by atoms with Crippen LogP contribution in [0, 0.1) is 11.8 Å². The van der Waals surface area contributed by atoms with Crippen molar-refractivity contribution >= 4 is 28.3 Å².